The van der Waals surface area contributed by atoms with E-state index in [1.54, 1.807) is 0 Å². The number of nitrogens with zero attached hydrogens (tertiary/aromatic N) is 2. The Labute approximate surface area is 137 Å². The molecule has 21 heavy (non-hydrogen) atoms. The number of benzene rings is 1. The van der Waals surface area contributed by atoms with Crippen LogP contribution in [0.3, 0.4) is 0 Å². The Morgan fingerprint density at radius 1 is 1.38 bits per heavy atom. The van der Waals surface area contributed by atoms with Crippen molar-refractivity contribution in [1.82, 2.24) is 10.1 Å². The summed E-state index contributed by atoms with van der Waals surface area (Å²) in [6, 6.07) is 7.71. The topological polar surface area (TPSA) is 74.2 Å². The van der Waals surface area contributed by atoms with Crippen molar-refractivity contribution in [3.8, 4) is 5.75 Å². The SMILES string of the molecule is Cl.NC1(c2noc(CCOc3cccc(Br)c3)n2)CCC1. The highest BCUT2D eigenvalue weighted by atomic mass is 79.9. The molecule has 0 radical (unpaired) electrons. The van der Waals surface area contributed by atoms with Crippen molar-refractivity contribution in [3.63, 3.8) is 0 Å². The Hall–Kier alpha value is -1.11. The van der Waals surface area contributed by atoms with Crippen molar-refractivity contribution in [2.45, 2.75) is 31.2 Å². The maximum atomic E-state index is 6.15. The molecule has 0 saturated heterocycles. The van der Waals surface area contributed by atoms with E-state index in [2.05, 4.69) is 26.1 Å². The van der Waals surface area contributed by atoms with Gasteiger partial charge in [-0.15, -0.1) is 12.4 Å². The van der Waals surface area contributed by atoms with Crippen molar-refractivity contribution in [2.24, 2.45) is 5.73 Å². The number of nitrogens with two attached hydrogens (primary N) is 1. The van der Waals surface area contributed by atoms with Crippen LogP contribution in [0.25, 0.3) is 0 Å². The summed E-state index contributed by atoms with van der Waals surface area (Å²) in [6.45, 7) is 0.496. The van der Waals surface area contributed by atoms with Gasteiger partial charge in [0.15, 0.2) is 5.82 Å². The average Bonchev–Trinajstić information content (AvgIpc) is 2.85. The third kappa shape index (κ3) is 3.75. The molecule has 0 unspecified atom stereocenters. The summed E-state index contributed by atoms with van der Waals surface area (Å²) in [4.78, 5) is 4.36. The van der Waals surface area contributed by atoms with Crippen molar-refractivity contribution in [2.75, 3.05) is 6.61 Å². The second-order valence-electron chi connectivity index (χ2n) is 5.08. The number of rotatable bonds is 5. The lowest BCUT2D eigenvalue weighted by atomic mass is 9.77. The molecule has 1 aromatic carbocycles. The predicted molar refractivity (Wildman–Crippen MR) is 84.6 cm³/mol. The minimum absolute atomic E-state index is 0. The zero-order chi connectivity index (χ0) is 14.0. The van der Waals surface area contributed by atoms with E-state index >= 15 is 0 Å². The van der Waals surface area contributed by atoms with Crippen LogP contribution in [0.1, 0.15) is 31.0 Å². The highest BCUT2D eigenvalue weighted by Crippen LogP contribution is 2.36. The van der Waals surface area contributed by atoms with Gasteiger partial charge >= 0.3 is 0 Å². The number of halogens is 2. The van der Waals surface area contributed by atoms with Crippen molar-refractivity contribution in [1.29, 1.82) is 0 Å². The van der Waals surface area contributed by atoms with E-state index in [4.69, 9.17) is 15.0 Å². The zero-order valence-electron chi connectivity index (χ0n) is 11.4. The molecule has 1 saturated carbocycles. The van der Waals surface area contributed by atoms with Crippen LogP contribution in [0, 0.1) is 0 Å². The summed E-state index contributed by atoms with van der Waals surface area (Å²) in [5.41, 5.74) is 5.78. The molecular weight excluding hydrogens is 358 g/mol. The number of hydrogen-bond acceptors (Lipinski definition) is 5. The van der Waals surface area contributed by atoms with Gasteiger partial charge in [0.2, 0.25) is 5.89 Å². The highest BCUT2D eigenvalue weighted by Gasteiger charge is 2.38. The minimum Gasteiger partial charge on any atom is -0.493 e. The molecule has 5 nitrogen and oxygen atoms in total. The Bertz CT molecular complexity index is 601. The molecule has 1 heterocycles. The van der Waals surface area contributed by atoms with Crippen molar-refractivity contribution in [3.05, 3.63) is 40.5 Å². The standard InChI is InChI=1S/C14H16BrN3O2.ClH/c15-10-3-1-4-11(9-10)19-8-5-12-17-13(18-20-12)14(16)6-2-7-14;/h1,3-4,9H,2,5-8,16H2;1H. The van der Waals surface area contributed by atoms with Crippen LogP contribution in [0.5, 0.6) is 5.75 Å². The largest absolute Gasteiger partial charge is 0.493 e. The molecule has 7 heteroatoms. The number of aromatic nitrogens is 2. The maximum Gasteiger partial charge on any atom is 0.230 e. The summed E-state index contributed by atoms with van der Waals surface area (Å²) >= 11 is 3.40. The lowest BCUT2D eigenvalue weighted by Crippen LogP contribution is -2.44. The molecule has 0 spiro atoms. The molecule has 0 aliphatic heterocycles. The van der Waals surface area contributed by atoms with Crippen LogP contribution in [0.15, 0.2) is 33.3 Å². The third-order valence-corrected chi connectivity index (χ3v) is 4.03. The van der Waals surface area contributed by atoms with E-state index in [0.717, 1.165) is 29.5 Å². The van der Waals surface area contributed by atoms with Gasteiger partial charge in [0.05, 0.1) is 18.6 Å². The Balaban J connectivity index is 0.00000161. The number of ether oxygens (including phenoxy) is 1. The van der Waals surface area contributed by atoms with Crippen LogP contribution in [-0.4, -0.2) is 16.7 Å². The fourth-order valence-corrected chi connectivity index (χ4v) is 2.53. The molecule has 1 aliphatic rings. The van der Waals surface area contributed by atoms with Gasteiger partial charge in [0.25, 0.3) is 0 Å². The maximum absolute atomic E-state index is 6.15. The summed E-state index contributed by atoms with van der Waals surface area (Å²) in [7, 11) is 0. The first-order valence-electron chi connectivity index (χ1n) is 6.66. The highest BCUT2D eigenvalue weighted by molar-refractivity contribution is 9.10. The van der Waals surface area contributed by atoms with Crippen LogP contribution in [-0.2, 0) is 12.0 Å². The molecule has 114 valence electrons. The van der Waals surface area contributed by atoms with E-state index in [1.165, 1.54) is 0 Å². The lowest BCUT2D eigenvalue weighted by Gasteiger charge is -2.34. The molecule has 1 fully saturated rings. The van der Waals surface area contributed by atoms with Gasteiger partial charge in [0.1, 0.15) is 5.75 Å². The fourth-order valence-electron chi connectivity index (χ4n) is 2.15. The van der Waals surface area contributed by atoms with Crippen LogP contribution >= 0.6 is 28.3 Å². The molecule has 0 amide bonds. The van der Waals surface area contributed by atoms with Crippen molar-refractivity contribution >= 4 is 28.3 Å². The Kier molecular flexibility index (Phi) is 5.24. The van der Waals surface area contributed by atoms with E-state index in [9.17, 15) is 0 Å². The second-order valence-corrected chi connectivity index (χ2v) is 5.99. The third-order valence-electron chi connectivity index (χ3n) is 3.54. The van der Waals surface area contributed by atoms with Gasteiger partial charge in [0, 0.05) is 4.47 Å². The first kappa shape index (κ1) is 16.3. The van der Waals surface area contributed by atoms with Crippen molar-refractivity contribution < 1.29 is 9.26 Å². The van der Waals surface area contributed by atoms with Crippen LogP contribution in [0.4, 0.5) is 0 Å². The molecule has 0 bridgehead atoms. The number of hydrogen-bond donors (Lipinski definition) is 1. The second kappa shape index (κ2) is 6.77. The van der Waals surface area contributed by atoms with E-state index in [1.807, 2.05) is 24.3 Å². The van der Waals surface area contributed by atoms with Gasteiger partial charge in [-0.3, -0.25) is 0 Å². The van der Waals surface area contributed by atoms with Crippen LogP contribution in [0.2, 0.25) is 0 Å². The Morgan fingerprint density at radius 2 is 2.19 bits per heavy atom. The van der Waals surface area contributed by atoms with Gasteiger partial charge in [-0.05, 0) is 37.5 Å². The fraction of sp³-hybridized carbons (Fsp3) is 0.429. The molecule has 3 rings (SSSR count). The normalized spacial score (nSPS) is 15.9. The molecule has 2 aromatic rings. The van der Waals surface area contributed by atoms with Gasteiger partial charge in [-0.1, -0.05) is 27.2 Å². The monoisotopic (exact) mass is 373 g/mol. The summed E-state index contributed by atoms with van der Waals surface area (Å²) < 4.78 is 11.8. The Morgan fingerprint density at radius 3 is 2.86 bits per heavy atom. The first-order chi connectivity index (χ1) is 9.66. The lowest BCUT2D eigenvalue weighted by molar-refractivity contribution is 0.228. The smallest absolute Gasteiger partial charge is 0.230 e. The van der Waals surface area contributed by atoms with Gasteiger partial charge < -0.3 is 15.0 Å². The quantitative estimate of drug-likeness (QED) is 0.870. The molecule has 2 N–H and O–H groups in total. The minimum atomic E-state index is -0.368. The van der Waals surface area contributed by atoms with Gasteiger partial charge in [-0.25, -0.2) is 0 Å². The molecule has 1 aromatic heterocycles. The molecular formula is C14H17BrClN3O2. The average molecular weight is 375 g/mol. The zero-order valence-corrected chi connectivity index (χ0v) is 13.8. The first-order valence-corrected chi connectivity index (χ1v) is 7.45. The molecule has 0 atom stereocenters. The predicted octanol–water partition coefficient (Wildman–Crippen LogP) is 3.21. The summed E-state index contributed by atoms with van der Waals surface area (Å²) in [5.74, 6) is 2.02. The molecule has 1 aliphatic carbocycles. The summed E-state index contributed by atoms with van der Waals surface area (Å²) in [5, 5.41) is 3.98. The van der Waals surface area contributed by atoms with E-state index < -0.39 is 0 Å². The van der Waals surface area contributed by atoms with Crippen LogP contribution < -0.4 is 10.5 Å². The van der Waals surface area contributed by atoms with E-state index in [0.29, 0.717) is 24.7 Å². The summed E-state index contributed by atoms with van der Waals surface area (Å²) in [6.07, 6.45) is 3.57. The van der Waals surface area contributed by atoms with E-state index in [-0.39, 0.29) is 17.9 Å². The van der Waals surface area contributed by atoms with Gasteiger partial charge in [-0.2, -0.15) is 4.98 Å².